The molecule has 117 heavy (non-hydrogen) atoms. The highest BCUT2D eigenvalue weighted by Gasteiger charge is 2.32. The number of hydrogen-bond acceptors (Lipinski definition) is 27. The summed E-state index contributed by atoms with van der Waals surface area (Å²) in [6, 6.07) is 53.3. The monoisotopic (exact) mass is 1580 g/mol. The van der Waals surface area contributed by atoms with Crippen molar-refractivity contribution in [2.45, 2.75) is 81.9 Å². The number of aromatic nitrogens is 6. The molecule has 7 saturated heterocycles. The first-order valence-corrected chi connectivity index (χ1v) is 39.7. The van der Waals surface area contributed by atoms with Crippen molar-refractivity contribution in [1.29, 1.82) is 15.8 Å². The molecule has 0 radical (unpaired) electrons. The molecular weight excluding hydrogens is 1490 g/mol. The summed E-state index contributed by atoms with van der Waals surface area (Å²) in [6.07, 6.45) is 8.07. The standard InChI is InChI=1S/C32H37N7O4.C31H35N7O4.C24H23N5O3/c1-22(40)32(41)39-12-9-28(10-13-39)43-29-7-2-23(18-24(29)19-33)31-34-11-8-30(36-31)35-25-3-5-26(6-4-25)37-14-16-38(17-15-37)27-20-42-21-27;32-18-23-17-22(1-6-28(23)42-27-8-11-38(12-9-27)30(40)19-39)31-33-10-7-29(35-31)34-24-2-4-25(5-3-24)36-13-15-37(16-14-36)26-20-41-21-26;1-26-24(30)16-2-5-19(6-3-16)28-22-8-11-27-23(29-22)17-4-7-21(18(14-17)15-25)32-20-9-12-31-13-10-20/h2-8,11,18,22,27-28,40H,9-10,12-17,20-21H2,1H3,(H,34,35,36);1-7,10,17,26-27,39H,8-9,11-16,19-21H2,(H,33,34,35);2-8,11,14,20H,9-10,12-13H2,1H3,(H,26,30)(H,27,28,29)/t22-;;/m0../s1. The fourth-order valence-electron chi connectivity index (χ4n) is 14.8. The van der Waals surface area contributed by atoms with Crippen molar-refractivity contribution in [3.05, 3.63) is 186 Å². The van der Waals surface area contributed by atoms with Crippen molar-refractivity contribution in [3.8, 4) is 69.6 Å². The number of amides is 3. The number of likely N-dealkylation sites (tertiary alicyclic amines) is 2. The maximum Gasteiger partial charge on any atom is 0.251 e. The second kappa shape index (κ2) is 39.3. The molecule has 604 valence electrons. The topological polar surface area (TPSA) is 363 Å². The summed E-state index contributed by atoms with van der Waals surface area (Å²) in [5.74, 6) is 4.31. The molecule has 0 spiro atoms. The zero-order valence-corrected chi connectivity index (χ0v) is 65.5. The zero-order chi connectivity index (χ0) is 81.0. The number of nitrogens with one attached hydrogen (secondary N) is 4. The van der Waals surface area contributed by atoms with Crippen molar-refractivity contribution < 1.29 is 53.0 Å². The molecule has 30 heteroatoms. The van der Waals surface area contributed by atoms with E-state index in [9.17, 15) is 35.3 Å². The average molecular weight is 1580 g/mol. The van der Waals surface area contributed by atoms with Gasteiger partial charge in [-0.3, -0.25) is 24.2 Å². The lowest BCUT2D eigenvalue weighted by Gasteiger charge is -2.43. The number of hydrogen-bond donors (Lipinski definition) is 6. The van der Waals surface area contributed by atoms with Crippen molar-refractivity contribution in [1.82, 2.24) is 54.8 Å². The van der Waals surface area contributed by atoms with Gasteiger partial charge in [-0.05, 0) is 153 Å². The van der Waals surface area contributed by atoms with Gasteiger partial charge >= 0.3 is 0 Å². The van der Waals surface area contributed by atoms with Crippen LogP contribution in [0.4, 0.5) is 45.9 Å². The molecule has 10 heterocycles. The SMILES string of the molecule is CNC(=O)c1ccc(Nc2ccnc(-c3ccc(OC4CCOCC4)c(C#N)c3)n2)cc1.C[C@H](O)C(=O)N1CCC(Oc2ccc(-c3nccc(Nc4ccc(N5CCN(C6COC6)CC5)cc4)n3)cc2C#N)CC1.N#Cc1cc(-c2nccc(Nc3ccc(N4CCN(C5COC5)CC4)cc3)n2)ccc1OC1CCN(C(=O)CO)CC1. The Bertz CT molecular complexity index is 5000. The van der Waals surface area contributed by atoms with Crippen LogP contribution in [0.1, 0.15) is 72.5 Å². The van der Waals surface area contributed by atoms with Crippen LogP contribution in [0.2, 0.25) is 0 Å². The summed E-state index contributed by atoms with van der Waals surface area (Å²) >= 11 is 0. The molecule has 0 saturated carbocycles. The smallest absolute Gasteiger partial charge is 0.251 e. The van der Waals surface area contributed by atoms with E-state index in [2.05, 4.69) is 133 Å². The lowest BCUT2D eigenvalue weighted by atomic mass is 10.1. The van der Waals surface area contributed by atoms with Gasteiger partial charge in [0.1, 0.15) is 83.9 Å². The maximum atomic E-state index is 12.0. The number of carbonyl (C=O) groups is 3. The first-order chi connectivity index (χ1) is 57.2. The molecule has 7 aliphatic rings. The van der Waals surface area contributed by atoms with Gasteiger partial charge in [0.15, 0.2) is 17.5 Å². The van der Waals surface area contributed by atoms with Crippen LogP contribution in [-0.4, -0.2) is 246 Å². The van der Waals surface area contributed by atoms with Crippen molar-refractivity contribution in [3.63, 3.8) is 0 Å². The third-order valence-corrected chi connectivity index (χ3v) is 21.7. The summed E-state index contributed by atoms with van der Waals surface area (Å²) in [7, 11) is 1.60. The van der Waals surface area contributed by atoms with E-state index in [-0.39, 0.29) is 36.0 Å². The van der Waals surface area contributed by atoms with Gasteiger partial charge in [-0.1, -0.05) is 0 Å². The predicted molar refractivity (Wildman–Crippen MR) is 440 cm³/mol. The minimum atomic E-state index is -1.00. The number of piperidine rings is 2. The zero-order valence-electron chi connectivity index (χ0n) is 65.5. The largest absolute Gasteiger partial charge is 0.489 e. The predicted octanol–water partition coefficient (Wildman–Crippen LogP) is 9.35. The molecular formula is C87H95N19O11. The fourth-order valence-corrected chi connectivity index (χ4v) is 14.8. The summed E-state index contributed by atoms with van der Waals surface area (Å²) in [5, 5.41) is 60.4. The molecule has 6 aromatic carbocycles. The highest BCUT2D eigenvalue weighted by Crippen LogP contribution is 2.34. The van der Waals surface area contributed by atoms with E-state index in [4.69, 9.17) is 38.5 Å². The van der Waals surface area contributed by atoms with Crippen LogP contribution in [0, 0.1) is 34.0 Å². The Morgan fingerprint density at radius 3 is 1.16 bits per heavy atom. The van der Waals surface area contributed by atoms with Gasteiger partial charge in [0.25, 0.3) is 11.8 Å². The first-order valence-electron chi connectivity index (χ1n) is 39.7. The number of carbonyl (C=O) groups excluding carboxylic acids is 3. The van der Waals surface area contributed by atoms with E-state index in [1.54, 1.807) is 90.0 Å². The van der Waals surface area contributed by atoms with Gasteiger partial charge in [-0.25, -0.2) is 29.9 Å². The Balaban J connectivity index is 0.000000146. The van der Waals surface area contributed by atoms with Gasteiger partial charge in [0, 0.05) is 193 Å². The number of nitriles is 3. The van der Waals surface area contributed by atoms with Crippen LogP contribution < -0.4 is 45.3 Å². The molecule has 7 aliphatic heterocycles. The van der Waals surface area contributed by atoms with Crippen LogP contribution in [0.5, 0.6) is 17.2 Å². The Morgan fingerprint density at radius 1 is 0.470 bits per heavy atom. The second-order valence-electron chi connectivity index (χ2n) is 29.4. The van der Waals surface area contributed by atoms with Crippen LogP contribution in [0.25, 0.3) is 34.2 Å². The van der Waals surface area contributed by atoms with Gasteiger partial charge in [0.2, 0.25) is 5.91 Å². The highest BCUT2D eigenvalue weighted by atomic mass is 16.5. The first kappa shape index (κ1) is 81.1. The van der Waals surface area contributed by atoms with E-state index in [0.717, 1.165) is 114 Å². The van der Waals surface area contributed by atoms with Crippen LogP contribution in [-0.2, 0) is 23.8 Å². The Labute approximate surface area is 679 Å². The molecule has 16 rings (SSSR count). The van der Waals surface area contributed by atoms with E-state index in [0.29, 0.717) is 163 Å². The molecule has 9 aromatic rings. The molecule has 0 aliphatic carbocycles. The van der Waals surface area contributed by atoms with E-state index >= 15 is 0 Å². The van der Waals surface area contributed by atoms with E-state index in [1.807, 2.05) is 42.5 Å². The number of rotatable bonds is 22. The number of aliphatic hydroxyl groups is 2. The fraction of sp³-hybridized carbons (Fsp3) is 0.379. The number of piperazine rings is 2. The van der Waals surface area contributed by atoms with Crippen LogP contribution in [0.3, 0.4) is 0 Å². The average Bonchev–Trinajstić information content (AvgIpc) is 0.828. The van der Waals surface area contributed by atoms with Crippen LogP contribution in [0.15, 0.2) is 164 Å². The Kier molecular flexibility index (Phi) is 27.2. The number of aliphatic hydroxyl groups excluding tert-OH is 2. The quantitative estimate of drug-likeness (QED) is 0.0368. The number of benzene rings is 6. The third kappa shape index (κ3) is 21.2. The van der Waals surface area contributed by atoms with Crippen molar-refractivity contribution in [2.24, 2.45) is 0 Å². The molecule has 1 atom stereocenters. The molecule has 6 N–H and O–H groups in total. The highest BCUT2D eigenvalue weighted by molar-refractivity contribution is 5.94. The summed E-state index contributed by atoms with van der Waals surface area (Å²) in [5.41, 5.74) is 9.06. The molecule has 3 amide bonds. The van der Waals surface area contributed by atoms with Gasteiger partial charge in [-0.2, -0.15) is 15.8 Å². The lowest BCUT2D eigenvalue weighted by molar-refractivity contribution is -0.141. The van der Waals surface area contributed by atoms with E-state index in [1.165, 1.54) is 18.3 Å². The van der Waals surface area contributed by atoms with Crippen molar-refractivity contribution >= 4 is 63.6 Å². The molecule has 30 nitrogen and oxygen atoms in total. The summed E-state index contributed by atoms with van der Waals surface area (Å²) < 4.78 is 34.3. The second-order valence-corrected chi connectivity index (χ2v) is 29.4. The number of nitrogens with zero attached hydrogens (tertiary/aromatic N) is 15. The minimum Gasteiger partial charge on any atom is -0.489 e. The van der Waals surface area contributed by atoms with Gasteiger partial charge < -0.3 is 79.5 Å². The van der Waals surface area contributed by atoms with Crippen LogP contribution >= 0.6 is 0 Å². The maximum absolute atomic E-state index is 12.0. The number of ether oxygens (including phenoxy) is 6. The normalized spacial score (nSPS) is 17.3. The van der Waals surface area contributed by atoms with Gasteiger partial charge in [-0.15, -0.1) is 0 Å². The lowest BCUT2D eigenvalue weighted by Crippen LogP contribution is -2.56. The molecule has 7 fully saturated rings. The van der Waals surface area contributed by atoms with Gasteiger partial charge in [0.05, 0.1) is 68.4 Å². The summed E-state index contributed by atoms with van der Waals surface area (Å²) in [4.78, 5) is 75.8. The molecule has 0 bridgehead atoms. The Hall–Kier alpha value is -12.4. The third-order valence-electron chi connectivity index (χ3n) is 21.7. The molecule has 0 unspecified atom stereocenters. The number of anilines is 8. The molecule has 3 aromatic heterocycles. The summed E-state index contributed by atoms with van der Waals surface area (Å²) in [6.45, 7) is 16.2. The van der Waals surface area contributed by atoms with Crippen molar-refractivity contribution in [2.75, 3.05) is 158 Å². The van der Waals surface area contributed by atoms with E-state index < -0.39 is 12.7 Å². The minimum absolute atomic E-state index is 0.0558. The Morgan fingerprint density at radius 2 is 0.829 bits per heavy atom.